The zero-order valence-electron chi connectivity index (χ0n) is 16.9. The van der Waals surface area contributed by atoms with Crippen LogP contribution in [0.5, 0.6) is 0 Å². The molecule has 2 N–H and O–H groups in total. The van der Waals surface area contributed by atoms with Crippen LogP contribution >= 0.6 is 0 Å². The molecule has 2 atom stereocenters. The summed E-state index contributed by atoms with van der Waals surface area (Å²) in [6, 6.07) is 3.99. The Morgan fingerprint density at radius 3 is 2.42 bits per heavy atom. The lowest BCUT2D eigenvalue weighted by Gasteiger charge is -2.28. The Labute approximate surface area is 186 Å². The maximum absolute atomic E-state index is 15.3. The molecule has 2 aliphatic rings. The van der Waals surface area contributed by atoms with Crippen LogP contribution in [0.4, 0.5) is 26.7 Å². The Balaban J connectivity index is 1.74. The quantitative estimate of drug-likeness (QED) is 0.601. The molecular weight excluding hydrogens is 471 g/mol. The van der Waals surface area contributed by atoms with Crippen molar-refractivity contribution in [3.05, 3.63) is 59.4 Å². The van der Waals surface area contributed by atoms with E-state index >= 15 is 4.39 Å². The molecule has 2 aromatic rings. The Morgan fingerprint density at radius 2 is 1.85 bits per heavy atom. The van der Waals surface area contributed by atoms with Gasteiger partial charge in [-0.05, 0) is 54.7 Å². The van der Waals surface area contributed by atoms with Gasteiger partial charge in [-0.2, -0.15) is 8.78 Å². The van der Waals surface area contributed by atoms with Gasteiger partial charge in [0.05, 0.1) is 12.1 Å². The number of halogens is 5. The smallest absolute Gasteiger partial charge is 0.407 e. The normalized spacial score (nSPS) is 21.7. The molecule has 1 aliphatic heterocycles. The van der Waals surface area contributed by atoms with Gasteiger partial charge >= 0.3 is 11.9 Å². The summed E-state index contributed by atoms with van der Waals surface area (Å²) in [5.74, 6) is -6.24. The first-order valence-electron chi connectivity index (χ1n) is 9.96. The maximum Gasteiger partial charge on any atom is 0.407 e. The standard InChI is InChI=1S/C21H19F5N2O4S/c22-13-3-1-2-11(6-13)15-9-14(23)7-12(17(15)24)8-16-18(27-33(31,32)19(25)26)21(4-5-21)10-28(16)20(29)30/h1-3,6-7,9,16,18-19,27H,4-5,8,10H2,(H,29,30)/t16-,18+/m0/s1. The third kappa shape index (κ3) is 4.41. The number of likely N-dealkylation sites (tertiary alicyclic amines) is 1. The Kier molecular flexibility index (Phi) is 5.85. The van der Waals surface area contributed by atoms with Crippen LogP contribution in [-0.2, 0) is 16.4 Å². The van der Waals surface area contributed by atoms with Crippen molar-refractivity contribution in [3.63, 3.8) is 0 Å². The first-order chi connectivity index (χ1) is 15.4. The first-order valence-corrected chi connectivity index (χ1v) is 11.5. The largest absolute Gasteiger partial charge is 0.465 e. The lowest BCUT2D eigenvalue weighted by Crippen LogP contribution is -2.50. The summed E-state index contributed by atoms with van der Waals surface area (Å²) in [6.45, 7) is -0.128. The number of rotatable bonds is 6. The number of amides is 1. The van der Waals surface area contributed by atoms with Crippen molar-refractivity contribution < 1.29 is 40.3 Å². The molecule has 0 unspecified atom stereocenters. The molecule has 178 valence electrons. The fraction of sp³-hybridized carbons (Fsp3) is 0.381. The van der Waals surface area contributed by atoms with E-state index < -0.39 is 63.2 Å². The molecule has 0 radical (unpaired) electrons. The molecule has 0 bridgehead atoms. The Bertz CT molecular complexity index is 1200. The van der Waals surface area contributed by atoms with Crippen LogP contribution < -0.4 is 4.72 Å². The van der Waals surface area contributed by atoms with E-state index in [-0.39, 0.29) is 23.2 Å². The lowest BCUT2D eigenvalue weighted by atomic mass is 9.91. The van der Waals surface area contributed by atoms with Gasteiger partial charge in [-0.25, -0.2) is 31.1 Å². The van der Waals surface area contributed by atoms with E-state index in [1.54, 1.807) is 0 Å². The minimum atomic E-state index is -5.07. The number of alkyl halides is 2. The highest BCUT2D eigenvalue weighted by Gasteiger charge is 2.62. The van der Waals surface area contributed by atoms with Gasteiger partial charge in [0.25, 0.3) is 10.0 Å². The molecular formula is C21H19F5N2O4S. The highest BCUT2D eigenvalue weighted by molar-refractivity contribution is 7.89. The molecule has 6 nitrogen and oxygen atoms in total. The summed E-state index contributed by atoms with van der Waals surface area (Å²) in [7, 11) is -5.07. The van der Waals surface area contributed by atoms with Crippen LogP contribution in [0, 0.1) is 22.9 Å². The monoisotopic (exact) mass is 490 g/mol. The van der Waals surface area contributed by atoms with E-state index in [0.29, 0.717) is 12.8 Å². The number of hydrogen-bond donors (Lipinski definition) is 2. The molecule has 1 spiro atoms. The van der Waals surface area contributed by atoms with Crippen molar-refractivity contribution in [2.45, 2.75) is 37.1 Å². The molecule has 2 aromatic carbocycles. The second-order valence-corrected chi connectivity index (χ2v) is 10.1. The van der Waals surface area contributed by atoms with Gasteiger partial charge in [0.2, 0.25) is 0 Å². The van der Waals surface area contributed by atoms with E-state index in [2.05, 4.69) is 0 Å². The fourth-order valence-corrected chi connectivity index (χ4v) is 5.39. The summed E-state index contributed by atoms with van der Waals surface area (Å²) in [5, 5.41) is 9.63. The number of nitrogens with zero attached hydrogens (tertiary/aromatic N) is 1. The Morgan fingerprint density at radius 1 is 1.15 bits per heavy atom. The van der Waals surface area contributed by atoms with E-state index in [4.69, 9.17) is 0 Å². The average molecular weight is 490 g/mol. The molecule has 1 saturated heterocycles. The molecule has 4 rings (SSSR count). The molecule has 33 heavy (non-hydrogen) atoms. The van der Waals surface area contributed by atoms with Gasteiger partial charge in [0, 0.05) is 17.5 Å². The van der Waals surface area contributed by atoms with Crippen LogP contribution in [0.2, 0.25) is 0 Å². The topological polar surface area (TPSA) is 86.7 Å². The number of carbonyl (C=O) groups is 1. The molecule has 1 saturated carbocycles. The van der Waals surface area contributed by atoms with Gasteiger partial charge in [0.1, 0.15) is 17.5 Å². The molecule has 1 heterocycles. The predicted octanol–water partition coefficient (Wildman–Crippen LogP) is 3.97. The summed E-state index contributed by atoms with van der Waals surface area (Å²) in [4.78, 5) is 12.7. The van der Waals surface area contributed by atoms with E-state index in [9.17, 15) is 35.9 Å². The summed E-state index contributed by atoms with van der Waals surface area (Å²) >= 11 is 0. The molecule has 2 fully saturated rings. The zero-order chi connectivity index (χ0) is 24.1. The fourth-order valence-electron chi connectivity index (χ4n) is 4.53. The minimum absolute atomic E-state index is 0.0448. The van der Waals surface area contributed by atoms with E-state index in [1.807, 2.05) is 4.72 Å². The number of benzene rings is 2. The molecule has 1 amide bonds. The number of carboxylic acid groups (broad SMARTS) is 1. The molecule has 1 aliphatic carbocycles. The lowest BCUT2D eigenvalue weighted by molar-refractivity contribution is 0.136. The van der Waals surface area contributed by atoms with Crippen LogP contribution in [0.3, 0.4) is 0 Å². The third-order valence-corrected chi connectivity index (χ3v) is 7.32. The van der Waals surface area contributed by atoms with Crippen molar-refractivity contribution in [2.24, 2.45) is 5.41 Å². The summed E-state index contributed by atoms with van der Waals surface area (Å²) < 4.78 is 95.0. The number of sulfonamides is 1. The Hall–Kier alpha value is -2.73. The number of hydrogen-bond acceptors (Lipinski definition) is 3. The van der Waals surface area contributed by atoms with Crippen molar-refractivity contribution in [1.29, 1.82) is 0 Å². The van der Waals surface area contributed by atoms with E-state index in [0.717, 1.165) is 29.2 Å². The molecule has 12 heteroatoms. The third-order valence-electron chi connectivity index (χ3n) is 6.27. The average Bonchev–Trinajstić information content (AvgIpc) is 3.45. The van der Waals surface area contributed by atoms with Gasteiger partial charge in [-0.1, -0.05) is 12.1 Å². The van der Waals surface area contributed by atoms with Crippen molar-refractivity contribution in [2.75, 3.05) is 6.54 Å². The first kappa shape index (κ1) is 23.4. The van der Waals surface area contributed by atoms with Crippen molar-refractivity contribution in [1.82, 2.24) is 9.62 Å². The van der Waals surface area contributed by atoms with Gasteiger partial charge in [-0.3, -0.25) is 0 Å². The van der Waals surface area contributed by atoms with Gasteiger partial charge in [0.15, 0.2) is 0 Å². The highest BCUT2D eigenvalue weighted by atomic mass is 32.2. The van der Waals surface area contributed by atoms with E-state index in [1.165, 1.54) is 12.1 Å². The van der Waals surface area contributed by atoms with Crippen LogP contribution in [0.1, 0.15) is 18.4 Å². The number of nitrogens with one attached hydrogen (secondary N) is 1. The van der Waals surface area contributed by atoms with Crippen LogP contribution in [0.15, 0.2) is 36.4 Å². The van der Waals surface area contributed by atoms with Crippen molar-refractivity contribution in [3.8, 4) is 11.1 Å². The maximum atomic E-state index is 15.3. The second kappa shape index (κ2) is 8.24. The zero-order valence-corrected chi connectivity index (χ0v) is 17.8. The summed E-state index contributed by atoms with van der Waals surface area (Å²) in [5.41, 5.74) is -1.40. The highest BCUT2D eigenvalue weighted by Crippen LogP contribution is 2.55. The predicted molar refractivity (Wildman–Crippen MR) is 107 cm³/mol. The van der Waals surface area contributed by atoms with Gasteiger partial charge < -0.3 is 10.0 Å². The molecule has 0 aromatic heterocycles. The summed E-state index contributed by atoms with van der Waals surface area (Å²) in [6.07, 6.45) is -1.13. The van der Waals surface area contributed by atoms with Crippen molar-refractivity contribution >= 4 is 16.1 Å². The van der Waals surface area contributed by atoms with Crippen LogP contribution in [-0.4, -0.2) is 48.9 Å². The van der Waals surface area contributed by atoms with Gasteiger partial charge in [-0.15, -0.1) is 0 Å². The van der Waals surface area contributed by atoms with Crippen LogP contribution in [0.25, 0.3) is 11.1 Å². The minimum Gasteiger partial charge on any atom is -0.465 e. The second-order valence-electron chi connectivity index (χ2n) is 8.38. The SMILES string of the molecule is O=C(O)N1CC2(CC2)[C@H](NS(=O)(=O)C(F)F)[C@@H]1Cc1cc(F)cc(-c2cccc(F)c2)c1F.